The summed E-state index contributed by atoms with van der Waals surface area (Å²) < 4.78 is 5.49. The highest BCUT2D eigenvalue weighted by Gasteiger charge is 2.34. The molecule has 1 amide bonds. The monoisotopic (exact) mass is 253 g/mol. The number of likely N-dealkylation sites (tertiary alicyclic amines) is 1. The molecule has 0 N–H and O–H groups in total. The SMILES string of the molecule is C/C=C1\CC(CC)CC(C)N1C(=O)OC(C)(C)C. The molecule has 1 aliphatic rings. The van der Waals surface area contributed by atoms with Crippen LogP contribution in [0, 0.1) is 5.92 Å². The van der Waals surface area contributed by atoms with E-state index in [4.69, 9.17) is 4.74 Å². The van der Waals surface area contributed by atoms with Gasteiger partial charge < -0.3 is 4.74 Å². The number of amides is 1. The number of carbonyl (C=O) groups excluding carboxylic acids is 1. The molecule has 0 aromatic carbocycles. The van der Waals surface area contributed by atoms with Gasteiger partial charge in [-0.15, -0.1) is 0 Å². The number of allylic oxidation sites excluding steroid dienone is 2. The molecule has 1 rings (SSSR count). The molecule has 1 saturated heterocycles. The average Bonchev–Trinajstić information content (AvgIpc) is 2.24. The van der Waals surface area contributed by atoms with Crippen molar-refractivity contribution in [2.75, 3.05) is 0 Å². The number of hydrogen-bond donors (Lipinski definition) is 0. The first-order chi connectivity index (χ1) is 8.28. The van der Waals surface area contributed by atoms with E-state index >= 15 is 0 Å². The van der Waals surface area contributed by atoms with E-state index in [-0.39, 0.29) is 12.1 Å². The lowest BCUT2D eigenvalue weighted by Gasteiger charge is -2.40. The molecule has 3 heteroatoms. The number of nitrogens with zero attached hydrogens (tertiary/aromatic N) is 1. The topological polar surface area (TPSA) is 29.5 Å². The van der Waals surface area contributed by atoms with Crippen LogP contribution in [0.25, 0.3) is 0 Å². The molecule has 0 radical (unpaired) electrons. The summed E-state index contributed by atoms with van der Waals surface area (Å²) in [6.07, 6.45) is 5.05. The maximum Gasteiger partial charge on any atom is 0.414 e. The molecule has 2 atom stereocenters. The van der Waals surface area contributed by atoms with Gasteiger partial charge in [-0.05, 0) is 53.4 Å². The van der Waals surface area contributed by atoms with Gasteiger partial charge in [-0.25, -0.2) is 4.79 Å². The van der Waals surface area contributed by atoms with E-state index in [1.54, 1.807) is 0 Å². The molecule has 3 nitrogen and oxygen atoms in total. The predicted molar refractivity (Wildman–Crippen MR) is 74.3 cm³/mol. The van der Waals surface area contributed by atoms with Crippen molar-refractivity contribution in [3.05, 3.63) is 11.8 Å². The Bertz CT molecular complexity index is 328. The van der Waals surface area contributed by atoms with E-state index in [0.717, 1.165) is 18.5 Å². The lowest BCUT2D eigenvalue weighted by Crippen LogP contribution is -2.45. The molecule has 1 heterocycles. The molecule has 1 aliphatic heterocycles. The molecule has 0 bridgehead atoms. The van der Waals surface area contributed by atoms with Gasteiger partial charge in [-0.3, -0.25) is 4.90 Å². The molecule has 2 unspecified atom stereocenters. The Morgan fingerprint density at radius 3 is 2.56 bits per heavy atom. The van der Waals surface area contributed by atoms with Gasteiger partial charge in [-0.2, -0.15) is 0 Å². The van der Waals surface area contributed by atoms with Crippen molar-refractivity contribution in [2.24, 2.45) is 5.92 Å². The van der Waals surface area contributed by atoms with E-state index < -0.39 is 5.60 Å². The molecule has 18 heavy (non-hydrogen) atoms. The van der Waals surface area contributed by atoms with Crippen LogP contribution in [0.15, 0.2) is 11.8 Å². The molecule has 0 aromatic heterocycles. The van der Waals surface area contributed by atoms with Crippen molar-refractivity contribution in [1.29, 1.82) is 0 Å². The molecule has 0 saturated carbocycles. The third kappa shape index (κ3) is 3.76. The van der Waals surface area contributed by atoms with Crippen LogP contribution >= 0.6 is 0 Å². The van der Waals surface area contributed by atoms with Gasteiger partial charge in [0.05, 0.1) is 0 Å². The van der Waals surface area contributed by atoms with Crippen molar-refractivity contribution >= 4 is 6.09 Å². The van der Waals surface area contributed by atoms with Gasteiger partial charge in [0.2, 0.25) is 0 Å². The minimum absolute atomic E-state index is 0.211. The maximum absolute atomic E-state index is 12.3. The summed E-state index contributed by atoms with van der Waals surface area (Å²) in [7, 11) is 0. The summed E-state index contributed by atoms with van der Waals surface area (Å²) in [5, 5.41) is 0. The fraction of sp³-hybridized carbons (Fsp3) is 0.800. The Morgan fingerprint density at radius 1 is 1.50 bits per heavy atom. The summed E-state index contributed by atoms with van der Waals surface area (Å²) in [5.41, 5.74) is 0.673. The number of carbonyl (C=O) groups is 1. The van der Waals surface area contributed by atoms with Crippen LogP contribution in [0.3, 0.4) is 0 Å². The molecule has 1 fully saturated rings. The van der Waals surface area contributed by atoms with Gasteiger partial charge in [0, 0.05) is 11.7 Å². The van der Waals surface area contributed by atoms with Crippen molar-refractivity contribution < 1.29 is 9.53 Å². The van der Waals surface area contributed by atoms with E-state index in [1.165, 1.54) is 6.42 Å². The third-order valence-corrected chi connectivity index (χ3v) is 3.42. The number of hydrogen-bond acceptors (Lipinski definition) is 2. The van der Waals surface area contributed by atoms with Crippen LogP contribution in [0.1, 0.15) is 60.8 Å². The van der Waals surface area contributed by atoms with E-state index in [9.17, 15) is 4.79 Å². The van der Waals surface area contributed by atoms with Crippen molar-refractivity contribution in [1.82, 2.24) is 4.90 Å². The Labute approximate surface area is 111 Å². The van der Waals surface area contributed by atoms with Crippen molar-refractivity contribution in [2.45, 2.75) is 72.4 Å². The van der Waals surface area contributed by atoms with Gasteiger partial charge in [0.1, 0.15) is 5.60 Å². The van der Waals surface area contributed by atoms with Crippen molar-refractivity contribution in [3.8, 4) is 0 Å². The van der Waals surface area contributed by atoms with Crippen LogP contribution < -0.4 is 0 Å². The predicted octanol–water partition coefficient (Wildman–Crippen LogP) is 4.34. The first kappa shape index (κ1) is 15.1. The van der Waals surface area contributed by atoms with Gasteiger partial charge in [0.25, 0.3) is 0 Å². The quantitative estimate of drug-likeness (QED) is 0.696. The standard InChI is InChI=1S/C15H27NO2/c1-7-12-9-11(3)16(13(8-2)10-12)14(17)18-15(4,5)6/h8,11-12H,7,9-10H2,1-6H3/b13-8+. The average molecular weight is 253 g/mol. The molecular weight excluding hydrogens is 226 g/mol. The highest BCUT2D eigenvalue weighted by molar-refractivity contribution is 5.71. The van der Waals surface area contributed by atoms with E-state index in [1.807, 2.05) is 38.7 Å². The normalized spacial score (nSPS) is 27.4. The second kappa shape index (κ2) is 5.77. The lowest BCUT2D eigenvalue weighted by molar-refractivity contribution is 0.0176. The Balaban J connectivity index is 2.83. The summed E-state index contributed by atoms with van der Waals surface area (Å²) >= 11 is 0. The first-order valence-corrected chi connectivity index (χ1v) is 6.95. The first-order valence-electron chi connectivity index (χ1n) is 6.95. The highest BCUT2D eigenvalue weighted by Crippen LogP contribution is 2.33. The summed E-state index contributed by atoms with van der Waals surface area (Å²) in [6.45, 7) is 12.0. The number of rotatable bonds is 1. The summed E-state index contributed by atoms with van der Waals surface area (Å²) in [6, 6.07) is 0.227. The van der Waals surface area contributed by atoms with E-state index in [2.05, 4.69) is 13.8 Å². The van der Waals surface area contributed by atoms with E-state index in [0.29, 0.717) is 5.92 Å². The minimum atomic E-state index is -0.433. The smallest absolute Gasteiger partial charge is 0.414 e. The van der Waals surface area contributed by atoms with Gasteiger partial charge in [0.15, 0.2) is 0 Å². The number of piperidine rings is 1. The van der Waals surface area contributed by atoms with Crippen LogP contribution in [-0.4, -0.2) is 22.6 Å². The fourth-order valence-corrected chi connectivity index (χ4v) is 2.52. The third-order valence-electron chi connectivity index (χ3n) is 3.42. The second-order valence-electron chi connectivity index (χ2n) is 6.19. The zero-order chi connectivity index (χ0) is 13.9. The Hall–Kier alpha value is -0.990. The summed E-state index contributed by atoms with van der Waals surface area (Å²) in [4.78, 5) is 14.1. The summed E-state index contributed by atoms with van der Waals surface area (Å²) in [5.74, 6) is 0.685. The van der Waals surface area contributed by atoms with Gasteiger partial charge >= 0.3 is 6.09 Å². The fourth-order valence-electron chi connectivity index (χ4n) is 2.52. The molecular formula is C15H27NO2. The Kier molecular flexibility index (Phi) is 4.83. The molecule has 0 aromatic rings. The zero-order valence-electron chi connectivity index (χ0n) is 12.6. The van der Waals surface area contributed by atoms with Gasteiger partial charge in [-0.1, -0.05) is 19.4 Å². The zero-order valence-corrected chi connectivity index (χ0v) is 12.6. The molecule has 0 aliphatic carbocycles. The number of ether oxygens (including phenoxy) is 1. The molecule has 0 spiro atoms. The Morgan fingerprint density at radius 2 is 2.11 bits per heavy atom. The second-order valence-corrected chi connectivity index (χ2v) is 6.19. The van der Waals surface area contributed by atoms with Crippen LogP contribution in [-0.2, 0) is 4.74 Å². The van der Waals surface area contributed by atoms with Crippen LogP contribution in [0.4, 0.5) is 4.79 Å². The van der Waals surface area contributed by atoms with Crippen LogP contribution in [0.2, 0.25) is 0 Å². The lowest BCUT2D eigenvalue weighted by atomic mass is 9.87. The maximum atomic E-state index is 12.3. The largest absolute Gasteiger partial charge is 0.443 e. The highest BCUT2D eigenvalue weighted by atomic mass is 16.6. The minimum Gasteiger partial charge on any atom is -0.443 e. The molecule has 104 valence electrons. The van der Waals surface area contributed by atoms with Crippen LogP contribution in [0.5, 0.6) is 0 Å². The van der Waals surface area contributed by atoms with Crippen molar-refractivity contribution in [3.63, 3.8) is 0 Å².